The van der Waals surface area contributed by atoms with E-state index in [2.05, 4.69) is 19.1 Å². The number of benzene rings is 1. The maximum atomic E-state index is 10.2. The fraction of sp³-hybridized carbons (Fsp3) is 0.333. The van der Waals surface area contributed by atoms with Crippen LogP contribution in [0, 0.1) is 0 Å². The molecule has 0 aliphatic heterocycles. The number of aliphatic carboxylic acids is 1. The van der Waals surface area contributed by atoms with Crippen molar-refractivity contribution in [3.63, 3.8) is 0 Å². The standard InChI is InChI=1S/C8H8O2.C4H9NS2/c9-8(10)6-7-4-2-1-3-5-7;1-2-3-7-4(5)6/h1-5H,6H2,(H,9,10);2-3H2,1H3,(H2,5,6). The summed E-state index contributed by atoms with van der Waals surface area (Å²) in [4.78, 5) is 10.2. The third-order valence-corrected chi connectivity index (χ3v) is 2.90. The highest BCUT2D eigenvalue weighted by molar-refractivity contribution is 8.22. The first-order valence-corrected chi connectivity index (χ1v) is 6.63. The molecule has 0 spiro atoms. The van der Waals surface area contributed by atoms with Gasteiger partial charge >= 0.3 is 5.97 Å². The number of carbonyl (C=O) groups is 1. The minimum atomic E-state index is -0.786. The number of hydrogen-bond donors (Lipinski definition) is 2. The number of nitrogens with two attached hydrogens (primary N) is 1. The minimum Gasteiger partial charge on any atom is -0.481 e. The van der Waals surface area contributed by atoms with Crippen LogP contribution in [-0.2, 0) is 11.2 Å². The van der Waals surface area contributed by atoms with Crippen LogP contribution in [0.25, 0.3) is 0 Å². The lowest BCUT2D eigenvalue weighted by atomic mass is 10.2. The summed E-state index contributed by atoms with van der Waals surface area (Å²) < 4.78 is 0.557. The number of carboxylic acid groups (broad SMARTS) is 1. The van der Waals surface area contributed by atoms with Crippen LogP contribution >= 0.6 is 24.0 Å². The highest BCUT2D eigenvalue weighted by Gasteiger charge is 1.96. The SMILES string of the molecule is CCCSC(N)=S.O=C(O)Cc1ccccc1. The second kappa shape index (κ2) is 10.1. The van der Waals surface area contributed by atoms with Crippen LogP contribution in [0.15, 0.2) is 30.3 Å². The van der Waals surface area contributed by atoms with Gasteiger partial charge in [0.25, 0.3) is 0 Å². The number of carboxylic acids is 1. The van der Waals surface area contributed by atoms with Crippen LogP contribution in [-0.4, -0.2) is 21.1 Å². The van der Waals surface area contributed by atoms with Gasteiger partial charge in [-0.3, -0.25) is 4.79 Å². The average molecular weight is 271 g/mol. The molecule has 0 amide bonds. The van der Waals surface area contributed by atoms with Crippen molar-refractivity contribution >= 4 is 34.3 Å². The molecule has 0 aromatic heterocycles. The second-order valence-electron chi connectivity index (χ2n) is 3.22. The number of thiocarbonyl (C=S) groups is 1. The highest BCUT2D eigenvalue weighted by atomic mass is 32.2. The molecule has 0 bridgehead atoms. The Morgan fingerprint density at radius 2 is 2.00 bits per heavy atom. The van der Waals surface area contributed by atoms with Gasteiger partial charge in [0, 0.05) is 0 Å². The van der Waals surface area contributed by atoms with Crippen molar-refractivity contribution in [2.24, 2.45) is 5.73 Å². The molecule has 0 aliphatic carbocycles. The summed E-state index contributed by atoms with van der Waals surface area (Å²) >= 11 is 6.14. The molecule has 17 heavy (non-hydrogen) atoms. The Kier molecular flexibility index (Phi) is 9.47. The Morgan fingerprint density at radius 1 is 1.41 bits per heavy atom. The van der Waals surface area contributed by atoms with Crippen LogP contribution in [0.3, 0.4) is 0 Å². The second-order valence-corrected chi connectivity index (χ2v) is 5.06. The Labute approximate surface area is 111 Å². The largest absolute Gasteiger partial charge is 0.481 e. The lowest BCUT2D eigenvalue weighted by Gasteiger charge is -1.92. The summed E-state index contributed by atoms with van der Waals surface area (Å²) in [5, 5.41) is 8.37. The fourth-order valence-electron chi connectivity index (χ4n) is 0.973. The Hall–Kier alpha value is -1.07. The van der Waals surface area contributed by atoms with Crippen LogP contribution < -0.4 is 5.73 Å². The zero-order chi connectivity index (χ0) is 13.1. The summed E-state index contributed by atoms with van der Waals surface area (Å²) in [7, 11) is 0. The molecular formula is C12H17NO2S2. The zero-order valence-corrected chi connectivity index (χ0v) is 11.4. The summed E-state index contributed by atoms with van der Waals surface area (Å²) in [6.07, 6.45) is 1.25. The van der Waals surface area contributed by atoms with Crippen molar-refractivity contribution in [2.45, 2.75) is 19.8 Å². The summed E-state index contributed by atoms with van der Waals surface area (Å²) in [5.41, 5.74) is 6.02. The molecule has 0 aliphatic rings. The molecule has 0 saturated heterocycles. The first-order chi connectivity index (χ1) is 8.06. The molecule has 1 aromatic carbocycles. The highest BCUT2D eigenvalue weighted by Crippen LogP contribution is 2.00. The van der Waals surface area contributed by atoms with E-state index in [0.29, 0.717) is 4.32 Å². The molecular weight excluding hydrogens is 254 g/mol. The predicted octanol–water partition coefficient (Wildman–Crippen LogP) is 2.69. The lowest BCUT2D eigenvalue weighted by molar-refractivity contribution is -0.136. The van der Waals surface area contributed by atoms with Crippen molar-refractivity contribution in [3.05, 3.63) is 35.9 Å². The van der Waals surface area contributed by atoms with Crippen molar-refractivity contribution in [1.29, 1.82) is 0 Å². The van der Waals surface area contributed by atoms with E-state index in [1.165, 1.54) is 0 Å². The first-order valence-electron chi connectivity index (χ1n) is 5.24. The van der Waals surface area contributed by atoms with E-state index in [9.17, 15) is 4.79 Å². The van der Waals surface area contributed by atoms with Crippen molar-refractivity contribution in [3.8, 4) is 0 Å². The lowest BCUT2D eigenvalue weighted by Crippen LogP contribution is -2.01. The first kappa shape index (κ1) is 15.9. The maximum absolute atomic E-state index is 10.2. The van der Waals surface area contributed by atoms with Gasteiger partial charge in [0.15, 0.2) is 0 Å². The molecule has 0 heterocycles. The van der Waals surface area contributed by atoms with Gasteiger partial charge in [0.1, 0.15) is 4.32 Å². The van der Waals surface area contributed by atoms with Gasteiger partial charge in [0.2, 0.25) is 0 Å². The monoisotopic (exact) mass is 271 g/mol. The van der Waals surface area contributed by atoms with Gasteiger partial charge in [-0.2, -0.15) is 0 Å². The summed E-state index contributed by atoms with van der Waals surface area (Å²) in [6, 6.07) is 9.13. The minimum absolute atomic E-state index is 0.112. The molecule has 1 rings (SSSR count). The topological polar surface area (TPSA) is 63.3 Å². The number of hydrogen-bond acceptors (Lipinski definition) is 3. The van der Waals surface area contributed by atoms with Gasteiger partial charge in [0.05, 0.1) is 6.42 Å². The Bertz CT molecular complexity index is 342. The molecule has 0 unspecified atom stereocenters. The maximum Gasteiger partial charge on any atom is 0.307 e. The van der Waals surface area contributed by atoms with E-state index >= 15 is 0 Å². The third kappa shape index (κ3) is 11.2. The average Bonchev–Trinajstić information content (AvgIpc) is 2.27. The van der Waals surface area contributed by atoms with Crippen molar-refractivity contribution < 1.29 is 9.90 Å². The molecule has 0 saturated carbocycles. The third-order valence-electron chi connectivity index (χ3n) is 1.65. The van der Waals surface area contributed by atoms with Crippen LogP contribution in [0.1, 0.15) is 18.9 Å². The molecule has 1 aromatic rings. The molecule has 0 atom stereocenters. The van der Waals surface area contributed by atoms with E-state index in [-0.39, 0.29) is 6.42 Å². The zero-order valence-electron chi connectivity index (χ0n) is 9.76. The molecule has 0 radical (unpaired) electrons. The number of rotatable bonds is 4. The van der Waals surface area contributed by atoms with Gasteiger partial charge in [-0.25, -0.2) is 0 Å². The normalized spacial score (nSPS) is 9.00. The number of thioether (sulfide) groups is 1. The Balaban J connectivity index is 0.000000325. The quantitative estimate of drug-likeness (QED) is 0.824. The molecule has 0 fully saturated rings. The van der Waals surface area contributed by atoms with Gasteiger partial charge < -0.3 is 10.8 Å². The van der Waals surface area contributed by atoms with Gasteiger partial charge in [-0.1, -0.05) is 61.2 Å². The summed E-state index contributed by atoms with van der Waals surface area (Å²) in [5.74, 6) is 0.265. The fourth-order valence-corrected chi connectivity index (χ4v) is 1.63. The van der Waals surface area contributed by atoms with Crippen molar-refractivity contribution in [2.75, 3.05) is 5.75 Å². The van der Waals surface area contributed by atoms with E-state index in [0.717, 1.165) is 17.7 Å². The Morgan fingerprint density at radius 3 is 2.35 bits per heavy atom. The van der Waals surface area contributed by atoms with E-state index < -0.39 is 5.97 Å². The van der Waals surface area contributed by atoms with Gasteiger partial charge in [-0.15, -0.1) is 0 Å². The summed E-state index contributed by atoms with van der Waals surface area (Å²) in [6.45, 7) is 2.10. The predicted molar refractivity (Wildman–Crippen MR) is 77.3 cm³/mol. The van der Waals surface area contributed by atoms with Crippen LogP contribution in [0.2, 0.25) is 0 Å². The van der Waals surface area contributed by atoms with E-state index in [1.54, 1.807) is 23.9 Å². The smallest absolute Gasteiger partial charge is 0.307 e. The molecule has 3 N–H and O–H groups in total. The van der Waals surface area contributed by atoms with E-state index in [4.69, 9.17) is 10.8 Å². The van der Waals surface area contributed by atoms with E-state index in [1.807, 2.05) is 18.2 Å². The van der Waals surface area contributed by atoms with Crippen LogP contribution in [0.4, 0.5) is 0 Å². The molecule has 5 heteroatoms. The van der Waals surface area contributed by atoms with Crippen molar-refractivity contribution in [1.82, 2.24) is 0 Å². The molecule has 94 valence electrons. The van der Waals surface area contributed by atoms with Gasteiger partial charge in [-0.05, 0) is 17.7 Å². The molecule has 3 nitrogen and oxygen atoms in total. The van der Waals surface area contributed by atoms with Crippen LogP contribution in [0.5, 0.6) is 0 Å².